The van der Waals surface area contributed by atoms with Crippen molar-refractivity contribution in [2.24, 2.45) is 5.92 Å². The van der Waals surface area contributed by atoms with E-state index >= 15 is 0 Å². The fraction of sp³-hybridized carbons (Fsp3) is 0.435. The first-order valence-electron chi connectivity index (χ1n) is 11.4. The predicted octanol–water partition coefficient (Wildman–Crippen LogP) is 3.77. The molecule has 1 unspecified atom stereocenters. The number of nitrogens with one attached hydrogen (secondary N) is 1. The monoisotopic (exact) mass is 485 g/mol. The second-order valence-electron chi connectivity index (χ2n) is 8.61. The average molecular weight is 486 g/mol. The van der Waals surface area contributed by atoms with Gasteiger partial charge in [-0.25, -0.2) is 8.42 Å². The van der Waals surface area contributed by atoms with Gasteiger partial charge in [0.2, 0.25) is 5.91 Å². The summed E-state index contributed by atoms with van der Waals surface area (Å²) in [5, 5.41) is 13.5. The molecule has 4 heterocycles. The zero-order valence-electron chi connectivity index (χ0n) is 18.3. The molecule has 2 aliphatic heterocycles. The first-order valence-corrected chi connectivity index (χ1v) is 13.7. The Morgan fingerprint density at radius 2 is 1.97 bits per heavy atom. The maximum absolute atomic E-state index is 13.0. The van der Waals surface area contributed by atoms with E-state index in [-0.39, 0.29) is 18.4 Å². The van der Waals surface area contributed by atoms with Crippen LogP contribution in [-0.4, -0.2) is 46.5 Å². The number of nitrogens with zero attached hydrogens (tertiary/aromatic N) is 4. The Labute approximate surface area is 197 Å². The number of fused-ring (bicyclic) bond motifs is 1. The van der Waals surface area contributed by atoms with Gasteiger partial charge in [0.25, 0.3) is 10.0 Å². The largest absolute Gasteiger partial charge is 0.326 e. The summed E-state index contributed by atoms with van der Waals surface area (Å²) in [5.41, 5.74) is 1.60. The predicted molar refractivity (Wildman–Crippen MR) is 127 cm³/mol. The number of aromatic nitrogens is 3. The van der Waals surface area contributed by atoms with Gasteiger partial charge in [0.15, 0.2) is 5.82 Å². The lowest BCUT2D eigenvalue weighted by molar-refractivity contribution is -0.120. The highest BCUT2D eigenvalue weighted by Crippen LogP contribution is 2.28. The van der Waals surface area contributed by atoms with Crippen molar-refractivity contribution < 1.29 is 13.2 Å². The third-order valence-corrected chi connectivity index (χ3v) is 9.58. The number of piperidine rings is 1. The minimum atomic E-state index is -3.55. The van der Waals surface area contributed by atoms with Crippen molar-refractivity contribution >= 4 is 33.0 Å². The number of hydrogen-bond acceptors (Lipinski definition) is 6. The van der Waals surface area contributed by atoms with Crippen LogP contribution in [0.15, 0.2) is 46.0 Å². The number of carbonyl (C=O) groups is 1. The Hall–Kier alpha value is -2.56. The highest BCUT2D eigenvalue weighted by Gasteiger charge is 2.33. The van der Waals surface area contributed by atoms with E-state index < -0.39 is 10.0 Å². The normalized spacial score (nSPS) is 19.6. The number of anilines is 1. The maximum Gasteiger partial charge on any atom is 0.252 e. The average Bonchev–Trinajstić information content (AvgIpc) is 3.46. The summed E-state index contributed by atoms with van der Waals surface area (Å²) in [6, 6.07) is 11.0. The molecule has 0 spiro atoms. The highest BCUT2D eigenvalue weighted by molar-refractivity contribution is 7.91. The van der Waals surface area contributed by atoms with Gasteiger partial charge in [-0.1, -0.05) is 24.6 Å². The molecule has 0 radical (unpaired) electrons. The van der Waals surface area contributed by atoms with Crippen molar-refractivity contribution in [3.05, 3.63) is 47.6 Å². The van der Waals surface area contributed by atoms with E-state index in [4.69, 9.17) is 0 Å². The fourth-order valence-corrected chi connectivity index (χ4v) is 7.26. The van der Waals surface area contributed by atoms with Crippen molar-refractivity contribution in [3.63, 3.8) is 0 Å². The number of amides is 1. The first kappa shape index (κ1) is 22.2. The Balaban J connectivity index is 1.30. The van der Waals surface area contributed by atoms with Crippen LogP contribution in [-0.2, 0) is 27.8 Å². The highest BCUT2D eigenvalue weighted by atomic mass is 32.2. The summed E-state index contributed by atoms with van der Waals surface area (Å²) < 4.78 is 29.7. The summed E-state index contributed by atoms with van der Waals surface area (Å²) in [6.07, 6.45) is 5.71. The van der Waals surface area contributed by atoms with Crippen molar-refractivity contribution in [1.29, 1.82) is 0 Å². The van der Waals surface area contributed by atoms with E-state index in [0.717, 1.165) is 43.0 Å². The van der Waals surface area contributed by atoms with E-state index in [1.165, 1.54) is 22.1 Å². The van der Waals surface area contributed by atoms with Crippen LogP contribution in [0.2, 0.25) is 0 Å². The Kier molecular flexibility index (Phi) is 6.31. The second-order valence-corrected chi connectivity index (χ2v) is 11.7. The van der Waals surface area contributed by atoms with E-state index in [2.05, 4.69) is 20.1 Å². The van der Waals surface area contributed by atoms with E-state index in [1.54, 1.807) is 17.5 Å². The molecule has 0 bridgehead atoms. The number of rotatable bonds is 5. The molecule has 10 heteroatoms. The standard InChI is InChI=1S/C23H27N5O3S2/c29-23(18-8-5-12-27(16-18)33(30,31)21-11-6-14-32-21)24-19-9-4-7-17(15-19)22-26-25-20-10-2-1-3-13-28(20)22/h4,6-7,9,11,14-15,18H,1-3,5,8,10,12-13,16H2,(H,24,29). The Bertz CT molecular complexity index is 1240. The van der Waals surface area contributed by atoms with Gasteiger partial charge in [-0.15, -0.1) is 21.5 Å². The van der Waals surface area contributed by atoms with Gasteiger partial charge in [-0.05, 0) is 49.3 Å². The number of carbonyl (C=O) groups excluding carboxylic acids is 1. The Morgan fingerprint density at radius 1 is 1.06 bits per heavy atom. The van der Waals surface area contributed by atoms with Crippen molar-refractivity contribution in [3.8, 4) is 11.4 Å². The zero-order chi connectivity index (χ0) is 22.8. The van der Waals surface area contributed by atoms with Crippen LogP contribution in [0, 0.1) is 5.92 Å². The Morgan fingerprint density at radius 3 is 2.82 bits per heavy atom. The van der Waals surface area contributed by atoms with Crippen LogP contribution >= 0.6 is 11.3 Å². The molecular weight excluding hydrogens is 458 g/mol. The maximum atomic E-state index is 13.0. The van der Waals surface area contributed by atoms with Gasteiger partial charge in [-0.3, -0.25) is 4.79 Å². The molecule has 1 amide bonds. The molecule has 0 saturated carbocycles. The van der Waals surface area contributed by atoms with Crippen LogP contribution in [0.4, 0.5) is 5.69 Å². The second kappa shape index (κ2) is 9.36. The zero-order valence-corrected chi connectivity index (χ0v) is 19.9. The molecule has 1 fully saturated rings. The molecule has 1 aromatic carbocycles. The molecule has 1 saturated heterocycles. The summed E-state index contributed by atoms with van der Waals surface area (Å²) >= 11 is 1.20. The van der Waals surface area contributed by atoms with Gasteiger partial charge in [0.1, 0.15) is 10.0 Å². The molecule has 2 aliphatic rings. The van der Waals surface area contributed by atoms with E-state index in [0.29, 0.717) is 29.3 Å². The molecule has 1 N–H and O–H groups in total. The van der Waals surface area contributed by atoms with Crippen LogP contribution in [0.3, 0.4) is 0 Å². The molecule has 8 nitrogen and oxygen atoms in total. The first-order chi connectivity index (χ1) is 16.0. The van der Waals surface area contributed by atoms with Crippen molar-refractivity contribution in [1.82, 2.24) is 19.1 Å². The van der Waals surface area contributed by atoms with Gasteiger partial charge >= 0.3 is 0 Å². The minimum Gasteiger partial charge on any atom is -0.326 e. The van der Waals surface area contributed by atoms with Crippen LogP contribution in [0.5, 0.6) is 0 Å². The SMILES string of the molecule is O=C(Nc1cccc(-c2nnc3n2CCCCC3)c1)C1CCCN(S(=O)(=O)c2cccs2)C1. The molecule has 1 atom stereocenters. The number of aryl methyl sites for hydroxylation is 1. The number of benzene rings is 1. The number of hydrogen-bond donors (Lipinski definition) is 1. The third kappa shape index (κ3) is 4.60. The van der Waals surface area contributed by atoms with Crippen molar-refractivity contribution in [2.45, 2.75) is 49.3 Å². The topological polar surface area (TPSA) is 97.2 Å². The van der Waals surface area contributed by atoms with Crippen LogP contribution < -0.4 is 5.32 Å². The molecule has 3 aromatic rings. The molecular formula is C23H27N5O3S2. The summed E-state index contributed by atoms with van der Waals surface area (Å²) in [5.74, 6) is 1.31. The molecule has 33 heavy (non-hydrogen) atoms. The lowest BCUT2D eigenvalue weighted by atomic mass is 9.98. The van der Waals surface area contributed by atoms with E-state index in [9.17, 15) is 13.2 Å². The summed E-state index contributed by atoms with van der Waals surface area (Å²) in [7, 11) is -3.55. The minimum absolute atomic E-state index is 0.154. The smallest absolute Gasteiger partial charge is 0.252 e. The third-order valence-electron chi connectivity index (χ3n) is 6.34. The van der Waals surface area contributed by atoms with Gasteiger partial charge in [-0.2, -0.15) is 4.31 Å². The van der Waals surface area contributed by atoms with Gasteiger partial charge in [0, 0.05) is 37.3 Å². The fourth-order valence-electron chi connectivity index (χ4n) is 4.59. The number of sulfonamides is 1. The van der Waals surface area contributed by atoms with Crippen LogP contribution in [0.1, 0.15) is 37.9 Å². The quantitative estimate of drug-likeness (QED) is 0.593. The van der Waals surface area contributed by atoms with Gasteiger partial charge in [0.05, 0.1) is 5.92 Å². The molecule has 174 valence electrons. The lowest BCUT2D eigenvalue weighted by Gasteiger charge is -2.30. The lowest BCUT2D eigenvalue weighted by Crippen LogP contribution is -2.43. The summed E-state index contributed by atoms with van der Waals surface area (Å²) in [4.78, 5) is 13.0. The molecule has 2 aromatic heterocycles. The van der Waals surface area contributed by atoms with Crippen LogP contribution in [0.25, 0.3) is 11.4 Å². The number of thiophene rings is 1. The van der Waals surface area contributed by atoms with Gasteiger partial charge < -0.3 is 9.88 Å². The molecule has 5 rings (SSSR count). The molecule has 0 aliphatic carbocycles. The van der Waals surface area contributed by atoms with Crippen molar-refractivity contribution in [2.75, 3.05) is 18.4 Å². The van der Waals surface area contributed by atoms with E-state index in [1.807, 2.05) is 24.3 Å². The summed E-state index contributed by atoms with van der Waals surface area (Å²) in [6.45, 7) is 1.55.